The fourth-order valence-electron chi connectivity index (χ4n) is 3.13. The van der Waals surface area contributed by atoms with Crippen LogP contribution in [0.1, 0.15) is 30.4 Å². The number of hydrogen-bond donors (Lipinski definition) is 1. The normalized spacial score (nSPS) is 24.3. The molecular formula is C15H22N2O2S. The second-order valence-corrected chi connectivity index (χ2v) is 7.79. The lowest BCUT2D eigenvalue weighted by molar-refractivity contribution is 0.375. The third-order valence-electron chi connectivity index (χ3n) is 4.31. The smallest absolute Gasteiger partial charge is 0.215 e. The van der Waals surface area contributed by atoms with Gasteiger partial charge in [-0.2, -0.15) is 4.31 Å². The van der Waals surface area contributed by atoms with Gasteiger partial charge in [0.25, 0.3) is 0 Å². The Bertz CT molecular complexity index is 565. The van der Waals surface area contributed by atoms with E-state index in [0.29, 0.717) is 13.1 Å². The molecule has 1 unspecified atom stereocenters. The number of hydrogen-bond acceptors (Lipinski definition) is 3. The van der Waals surface area contributed by atoms with Gasteiger partial charge in [0.1, 0.15) is 0 Å². The van der Waals surface area contributed by atoms with Crippen molar-refractivity contribution < 1.29 is 8.42 Å². The first-order chi connectivity index (χ1) is 9.65. The number of nitrogens with zero attached hydrogens (tertiary/aromatic N) is 1. The minimum atomic E-state index is -3.15. The van der Waals surface area contributed by atoms with Crippen LogP contribution in [0.4, 0.5) is 0 Å². The van der Waals surface area contributed by atoms with Gasteiger partial charge >= 0.3 is 0 Å². The van der Waals surface area contributed by atoms with Gasteiger partial charge in [0.05, 0.1) is 5.75 Å². The van der Waals surface area contributed by atoms with Gasteiger partial charge in [-0.25, -0.2) is 8.42 Å². The maximum Gasteiger partial charge on any atom is 0.215 e. The molecular weight excluding hydrogens is 272 g/mol. The Morgan fingerprint density at radius 3 is 2.75 bits per heavy atom. The minimum Gasteiger partial charge on any atom is -0.313 e. The number of rotatable bonds is 3. The Balaban J connectivity index is 1.69. The summed E-state index contributed by atoms with van der Waals surface area (Å²) >= 11 is 0. The molecule has 5 heteroatoms. The van der Waals surface area contributed by atoms with E-state index in [1.54, 1.807) is 4.31 Å². The molecule has 20 heavy (non-hydrogen) atoms. The summed E-state index contributed by atoms with van der Waals surface area (Å²) in [5.41, 5.74) is 2.44. The third-order valence-corrected chi connectivity index (χ3v) is 6.24. The highest BCUT2D eigenvalue weighted by Crippen LogP contribution is 2.22. The molecule has 2 heterocycles. The fraction of sp³-hybridized carbons (Fsp3) is 0.600. The maximum absolute atomic E-state index is 12.5. The minimum absolute atomic E-state index is 0.130. The molecule has 0 radical (unpaired) electrons. The van der Waals surface area contributed by atoms with Crippen LogP contribution in [0.25, 0.3) is 0 Å². The van der Waals surface area contributed by atoms with Gasteiger partial charge in [-0.05, 0) is 36.9 Å². The Hall–Kier alpha value is -0.910. The van der Waals surface area contributed by atoms with Crippen molar-refractivity contribution in [3.05, 3.63) is 35.4 Å². The summed E-state index contributed by atoms with van der Waals surface area (Å²) in [5, 5.41) is 3.33. The first kappa shape index (κ1) is 14.0. The van der Waals surface area contributed by atoms with Crippen LogP contribution < -0.4 is 5.32 Å². The molecule has 1 atom stereocenters. The molecule has 0 amide bonds. The summed E-state index contributed by atoms with van der Waals surface area (Å²) in [6, 6.07) is 8.27. The van der Waals surface area contributed by atoms with E-state index in [2.05, 4.69) is 11.4 Å². The molecule has 1 N–H and O–H groups in total. The van der Waals surface area contributed by atoms with E-state index in [1.807, 2.05) is 18.2 Å². The average Bonchev–Trinajstić information content (AvgIpc) is 2.47. The van der Waals surface area contributed by atoms with Crippen molar-refractivity contribution in [2.24, 2.45) is 0 Å². The maximum atomic E-state index is 12.5. The summed E-state index contributed by atoms with van der Waals surface area (Å²) in [6.45, 7) is 2.10. The molecule has 1 saturated heterocycles. The largest absolute Gasteiger partial charge is 0.313 e. The van der Waals surface area contributed by atoms with E-state index < -0.39 is 10.0 Å². The van der Waals surface area contributed by atoms with Gasteiger partial charge in [-0.15, -0.1) is 0 Å². The van der Waals surface area contributed by atoms with Crippen LogP contribution in [0.2, 0.25) is 0 Å². The first-order valence-corrected chi connectivity index (χ1v) is 9.04. The molecule has 3 rings (SSSR count). The molecule has 2 aliphatic heterocycles. The van der Waals surface area contributed by atoms with E-state index in [-0.39, 0.29) is 11.8 Å². The topological polar surface area (TPSA) is 49.4 Å². The van der Waals surface area contributed by atoms with Crippen LogP contribution in [0.15, 0.2) is 24.3 Å². The molecule has 0 saturated carbocycles. The molecule has 1 aromatic carbocycles. The Morgan fingerprint density at radius 1 is 1.20 bits per heavy atom. The molecule has 110 valence electrons. The molecule has 2 aliphatic rings. The van der Waals surface area contributed by atoms with E-state index in [1.165, 1.54) is 5.56 Å². The average molecular weight is 294 g/mol. The predicted molar refractivity (Wildman–Crippen MR) is 80.0 cm³/mol. The van der Waals surface area contributed by atoms with Gasteiger partial charge in [-0.3, -0.25) is 0 Å². The quantitative estimate of drug-likeness (QED) is 0.919. The summed E-state index contributed by atoms with van der Waals surface area (Å²) in [7, 11) is -3.15. The zero-order valence-corrected chi connectivity index (χ0v) is 12.5. The summed E-state index contributed by atoms with van der Waals surface area (Å²) in [6.07, 6.45) is 4.10. The van der Waals surface area contributed by atoms with Crippen molar-refractivity contribution in [1.29, 1.82) is 0 Å². The summed E-state index contributed by atoms with van der Waals surface area (Å²) in [5.74, 6) is 0.245. The molecule has 4 nitrogen and oxygen atoms in total. The lowest BCUT2D eigenvalue weighted by atomic mass is 10.0. The molecule has 0 aliphatic carbocycles. The zero-order valence-electron chi connectivity index (χ0n) is 11.7. The number of piperidine rings is 1. The molecule has 1 fully saturated rings. The van der Waals surface area contributed by atoms with Crippen LogP contribution in [0.3, 0.4) is 0 Å². The van der Waals surface area contributed by atoms with E-state index in [0.717, 1.165) is 37.8 Å². The van der Waals surface area contributed by atoms with Gasteiger partial charge in [0.15, 0.2) is 0 Å². The van der Waals surface area contributed by atoms with Crippen molar-refractivity contribution in [2.45, 2.75) is 38.3 Å². The lowest BCUT2D eigenvalue weighted by Crippen LogP contribution is -2.45. The number of sulfonamides is 1. The Labute approximate surface area is 121 Å². The van der Waals surface area contributed by atoms with Crippen LogP contribution in [0, 0.1) is 0 Å². The standard InChI is InChI=1S/C15H22N2O2S/c18-20(19,12-15-7-3-4-9-16-15)17-10-8-13-5-1-2-6-14(13)11-17/h1-2,5-6,15-16H,3-4,7-12H2. The molecule has 1 aromatic rings. The SMILES string of the molecule is O=S(=O)(CC1CCCCN1)N1CCc2ccccc2C1. The van der Waals surface area contributed by atoms with Crippen molar-refractivity contribution >= 4 is 10.0 Å². The second kappa shape index (κ2) is 5.84. The van der Waals surface area contributed by atoms with E-state index >= 15 is 0 Å². The highest BCUT2D eigenvalue weighted by molar-refractivity contribution is 7.89. The van der Waals surface area contributed by atoms with Gasteiger partial charge in [0.2, 0.25) is 10.0 Å². The van der Waals surface area contributed by atoms with Crippen LogP contribution >= 0.6 is 0 Å². The van der Waals surface area contributed by atoms with Gasteiger partial charge < -0.3 is 5.32 Å². The highest BCUT2D eigenvalue weighted by atomic mass is 32.2. The number of nitrogens with one attached hydrogen (secondary N) is 1. The number of fused-ring (bicyclic) bond motifs is 1. The van der Waals surface area contributed by atoms with Crippen molar-refractivity contribution in [3.63, 3.8) is 0 Å². The van der Waals surface area contributed by atoms with E-state index in [4.69, 9.17) is 0 Å². The van der Waals surface area contributed by atoms with Crippen LogP contribution in [-0.2, 0) is 23.0 Å². The van der Waals surface area contributed by atoms with E-state index in [9.17, 15) is 8.42 Å². The molecule has 0 bridgehead atoms. The molecule has 0 spiro atoms. The number of benzene rings is 1. The third kappa shape index (κ3) is 3.05. The lowest BCUT2D eigenvalue weighted by Gasteiger charge is -2.31. The van der Waals surface area contributed by atoms with Crippen molar-refractivity contribution in [2.75, 3.05) is 18.8 Å². The Kier molecular flexibility index (Phi) is 4.10. The summed E-state index contributed by atoms with van der Waals surface area (Å²) < 4.78 is 26.8. The van der Waals surface area contributed by atoms with Gasteiger partial charge in [-0.1, -0.05) is 30.7 Å². The monoisotopic (exact) mass is 294 g/mol. The van der Waals surface area contributed by atoms with Gasteiger partial charge in [0, 0.05) is 19.1 Å². The molecule has 0 aromatic heterocycles. The highest BCUT2D eigenvalue weighted by Gasteiger charge is 2.29. The first-order valence-electron chi connectivity index (χ1n) is 7.43. The zero-order chi connectivity index (χ0) is 14.0. The summed E-state index contributed by atoms with van der Waals surface area (Å²) in [4.78, 5) is 0. The van der Waals surface area contributed by atoms with Crippen molar-refractivity contribution in [3.8, 4) is 0 Å². The van der Waals surface area contributed by atoms with Crippen molar-refractivity contribution in [1.82, 2.24) is 9.62 Å². The predicted octanol–water partition coefficient (Wildman–Crippen LogP) is 1.52. The van der Waals surface area contributed by atoms with Crippen LogP contribution in [-0.4, -0.2) is 37.6 Å². The Morgan fingerprint density at radius 2 is 2.00 bits per heavy atom. The fourth-order valence-corrected chi connectivity index (χ4v) is 4.84. The van der Waals surface area contributed by atoms with Crippen LogP contribution in [0.5, 0.6) is 0 Å². The second-order valence-electron chi connectivity index (χ2n) is 5.78.